The quantitative estimate of drug-likeness (QED) is 0.690. The van der Waals surface area contributed by atoms with Crippen LogP contribution < -0.4 is 5.32 Å². The molecule has 1 heterocycles. The third-order valence-corrected chi connectivity index (χ3v) is 3.92. The Hall–Kier alpha value is -3.35. The van der Waals surface area contributed by atoms with Gasteiger partial charge in [0, 0.05) is 24.6 Å². The zero-order chi connectivity index (χ0) is 18.5. The fraction of sp³-hybridized carbons (Fsp3) is 0.211. The molecule has 0 aliphatic carbocycles. The molecule has 0 unspecified atom stereocenters. The summed E-state index contributed by atoms with van der Waals surface area (Å²) in [6, 6.07) is 14.7. The number of nitrogens with zero attached hydrogens (tertiary/aromatic N) is 4. The minimum atomic E-state index is -0.155. The van der Waals surface area contributed by atoms with Crippen LogP contribution in [0, 0.1) is 6.92 Å². The van der Waals surface area contributed by atoms with Crippen molar-refractivity contribution >= 4 is 17.4 Å². The Morgan fingerprint density at radius 3 is 2.50 bits per heavy atom. The summed E-state index contributed by atoms with van der Waals surface area (Å²) in [5, 5.41) is 14.9. The molecular formula is C19H19N5O2. The highest BCUT2D eigenvalue weighted by molar-refractivity contribution is 5.96. The molecule has 0 saturated carbocycles. The maximum Gasteiger partial charge on any atom is 0.221 e. The number of amides is 1. The van der Waals surface area contributed by atoms with Gasteiger partial charge in [0.15, 0.2) is 11.6 Å². The van der Waals surface area contributed by atoms with E-state index in [1.165, 1.54) is 17.3 Å². The Balaban J connectivity index is 1.64. The first kappa shape index (κ1) is 17.5. The summed E-state index contributed by atoms with van der Waals surface area (Å²) in [5.41, 5.74) is 3.47. The number of carbonyl (C=O) groups excluding carboxylic acids is 2. The van der Waals surface area contributed by atoms with Crippen LogP contribution in [0.2, 0.25) is 0 Å². The van der Waals surface area contributed by atoms with Gasteiger partial charge in [-0.2, -0.15) is 4.80 Å². The van der Waals surface area contributed by atoms with Crippen LogP contribution in [0.3, 0.4) is 0 Å². The van der Waals surface area contributed by atoms with Gasteiger partial charge in [-0.3, -0.25) is 9.59 Å². The van der Waals surface area contributed by atoms with Gasteiger partial charge in [0.25, 0.3) is 0 Å². The van der Waals surface area contributed by atoms with E-state index < -0.39 is 0 Å². The van der Waals surface area contributed by atoms with Gasteiger partial charge in [-0.1, -0.05) is 24.3 Å². The first-order valence-electron chi connectivity index (χ1n) is 8.23. The highest BCUT2D eigenvalue weighted by atomic mass is 16.1. The van der Waals surface area contributed by atoms with Gasteiger partial charge in [0.1, 0.15) is 6.54 Å². The molecule has 3 aromatic rings. The van der Waals surface area contributed by atoms with Crippen LogP contribution in [-0.2, 0) is 17.8 Å². The lowest BCUT2D eigenvalue weighted by molar-refractivity contribution is -0.114. The maximum atomic E-state index is 12.4. The molecule has 26 heavy (non-hydrogen) atoms. The van der Waals surface area contributed by atoms with Crippen molar-refractivity contribution < 1.29 is 9.59 Å². The van der Waals surface area contributed by atoms with Crippen LogP contribution in [0.4, 0.5) is 5.69 Å². The maximum absolute atomic E-state index is 12.4. The first-order valence-corrected chi connectivity index (χ1v) is 8.23. The number of nitrogens with one attached hydrogen (secondary N) is 1. The Morgan fingerprint density at radius 1 is 1.08 bits per heavy atom. The summed E-state index contributed by atoms with van der Waals surface area (Å²) in [5.74, 6) is 0.296. The molecule has 0 saturated heterocycles. The smallest absolute Gasteiger partial charge is 0.221 e. The third-order valence-electron chi connectivity index (χ3n) is 3.92. The second-order valence-electron chi connectivity index (χ2n) is 6.02. The summed E-state index contributed by atoms with van der Waals surface area (Å²) in [6.45, 7) is 3.48. The fourth-order valence-electron chi connectivity index (χ4n) is 2.56. The molecule has 0 spiro atoms. The number of aryl methyl sites for hydroxylation is 1. The number of rotatable bonds is 6. The summed E-state index contributed by atoms with van der Waals surface area (Å²) < 4.78 is 0. The molecule has 1 aromatic heterocycles. The summed E-state index contributed by atoms with van der Waals surface area (Å²) in [6.07, 6.45) is 0.576. The average Bonchev–Trinajstić information content (AvgIpc) is 3.04. The SMILES string of the molecule is CC(=O)Nc1ccc(C(=O)Cn2nnc(Cc3ccccc3C)n2)cc1. The molecule has 7 heteroatoms. The highest BCUT2D eigenvalue weighted by Crippen LogP contribution is 2.12. The number of ketones is 1. The van der Waals surface area contributed by atoms with Gasteiger partial charge >= 0.3 is 0 Å². The number of anilines is 1. The van der Waals surface area contributed by atoms with Crippen LogP contribution in [0.1, 0.15) is 34.2 Å². The summed E-state index contributed by atoms with van der Waals surface area (Å²) in [4.78, 5) is 24.7. The molecule has 0 bridgehead atoms. The van der Waals surface area contributed by atoms with Crippen LogP contribution in [-0.4, -0.2) is 31.9 Å². The van der Waals surface area contributed by atoms with E-state index in [-0.39, 0.29) is 18.2 Å². The molecule has 1 N–H and O–H groups in total. The lowest BCUT2D eigenvalue weighted by atomic mass is 10.1. The van der Waals surface area contributed by atoms with E-state index in [1.807, 2.05) is 31.2 Å². The van der Waals surface area contributed by atoms with Gasteiger partial charge in [-0.15, -0.1) is 10.2 Å². The van der Waals surface area contributed by atoms with E-state index in [9.17, 15) is 9.59 Å². The monoisotopic (exact) mass is 349 g/mol. The number of benzene rings is 2. The first-order chi connectivity index (χ1) is 12.5. The number of Topliss-reactive ketones (excluding diaryl/α,β-unsaturated/α-hetero) is 1. The topological polar surface area (TPSA) is 89.8 Å². The standard InChI is InChI=1S/C19H19N5O2/c1-13-5-3-4-6-16(13)11-19-21-23-24(22-19)12-18(26)15-7-9-17(10-8-15)20-14(2)25/h3-10H,11-12H2,1-2H3,(H,20,25). The van der Waals surface area contributed by atoms with E-state index in [2.05, 4.69) is 20.7 Å². The van der Waals surface area contributed by atoms with Crippen LogP contribution in [0.25, 0.3) is 0 Å². The van der Waals surface area contributed by atoms with Crippen molar-refractivity contribution in [1.82, 2.24) is 20.2 Å². The molecule has 0 fully saturated rings. The van der Waals surface area contributed by atoms with Crippen molar-refractivity contribution in [2.45, 2.75) is 26.8 Å². The number of hydrogen-bond acceptors (Lipinski definition) is 5. The Labute approximate surface area is 151 Å². The molecule has 3 rings (SSSR count). The molecule has 2 aromatic carbocycles. The predicted molar refractivity (Wildman–Crippen MR) is 96.9 cm³/mol. The van der Waals surface area contributed by atoms with E-state index in [0.717, 1.165) is 5.56 Å². The van der Waals surface area contributed by atoms with Gasteiger partial charge in [-0.25, -0.2) is 0 Å². The summed E-state index contributed by atoms with van der Waals surface area (Å²) in [7, 11) is 0. The molecule has 7 nitrogen and oxygen atoms in total. The van der Waals surface area contributed by atoms with Crippen molar-refractivity contribution in [3.05, 3.63) is 71.0 Å². The largest absolute Gasteiger partial charge is 0.326 e. The van der Waals surface area contributed by atoms with Gasteiger partial charge in [0.2, 0.25) is 5.91 Å². The average molecular weight is 349 g/mol. The van der Waals surface area contributed by atoms with Crippen molar-refractivity contribution in [2.75, 3.05) is 5.32 Å². The normalized spacial score (nSPS) is 10.5. The Kier molecular flexibility index (Phi) is 5.17. The minimum Gasteiger partial charge on any atom is -0.326 e. The number of tetrazole rings is 1. The number of carbonyl (C=O) groups is 2. The lowest BCUT2D eigenvalue weighted by Gasteiger charge is -2.04. The lowest BCUT2D eigenvalue weighted by Crippen LogP contribution is -2.13. The molecular weight excluding hydrogens is 330 g/mol. The van der Waals surface area contributed by atoms with Crippen molar-refractivity contribution in [1.29, 1.82) is 0 Å². The molecule has 0 atom stereocenters. The van der Waals surface area contributed by atoms with E-state index in [4.69, 9.17) is 0 Å². The number of hydrogen-bond donors (Lipinski definition) is 1. The van der Waals surface area contributed by atoms with E-state index >= 15 is 0 Å². The van der Waals surface area contributed by atoms with Crippen LogP contribution >= 0.6 is 0 Å². The zero-order valence-corrected chi connectivity index (χ0v) is 14.6. The summed E-state index contributed by atoms with van der Waals surface area (Å²) >= 11 is 0. The molecule has 1 amide bonds. The minimum absolute atomic E-state index is 0.0141. The van der Waals surface area contributed by atoms with Crippen molar-refractivity contribution in [3.8, 4) is 0 Å². The van der Waals surface area contributed by atoms with Crippen LogP contribution in [0.15, 0.2) is 48.5 Å². The second-order valence-corrected chi connectivity index (χ2v) is 6.02. The van der Waals surface area contributed by atoms with Gasteiger partial charge in [-0.05, 0) is 47.5 Å². The van der Waals surface area contributed by atoms with Crippen molar-refractivity contribution in [2.24, 2.45) is 0 Å². The third kappa shape index (κ3) is 4.38. The van der Waals surface area contributed by atoms with E-state index in [0.29, 0.717) is 23.5 Å². The number of aromatic nitrogens is 4. The van der Waals surface area contributed by atoms with Crippen LogP contribution in [0.5, 0.6) is 0 Å². The molecule has 0 aliphatic heterocycles. The Morgan fingerprint density at radius 2 is 1.81 bits per heavy atom. The van der Waals surface area contributed by atoms with Gasteiger partial charge < -0.3 is 5.32 Å². The highest BCUT2D eigenvalue weighted by Gasteiger charge is 2.11. The molecule has 0 radical (unpaired) electrons. The van der Waals surface area contributed by atoms with E-state index in [1.54, 1.807) is 24.3 Å². The van der Waals surface area contributed by atoms with Gasteiger partial charge in [0.05, 0.1) is 0 Å². The fourth-order valence-corrected chi connectivity index (χ4v) is 2.56. The molecule has 0 aliphatic rings. The Bertz CT molecular complexity index is 931. The second kappa shape index (κ2) is 7.69. The van der Waals surface area contributed by atoms with Crippen molar-refractivity contribution in [3.63, 3.8) is 0 Å². The predicted octanol–water partition coefficient (Wildman–Crippen LogP) is 2.41. The molecule has 132 valence electrons. The zero-order valence-electron chi connectivity index (χ0n) is 14.6.